The van der Waals surface area contributed by atoms with Crippen molar-refractivity contribution in [1.29, 1.82) is 0 Å². The maximum Gasteiger partial charge on any atom is 0.446 e. The van der Waals surface area contributed by atoms with Crippen molar-refractivity contribution < 1.29 is 22.7 Å². The van der Waals surface area contributed by atoms with Crippen LogP contribution >= 0.6 is 11.3 Å². The first-order chi connectivity index (χ1) is 11.4. The summed E-state index contributed by atoms with van der Waals surface area (Å²) in [5.41, 5.74) is 12.1. The average Bonchev–Trinajstić information content (AvgIpc) is 3.05. The number of aldehydes is 1. The number of rotatable bonds is 6. The van der Waals surface area contributed by atoms with E-state index in [0.29, 0.717) is 19.7 Å². The summed E-state index contributed by atoms with van der Waals surface area (Å²) in [5.74, 6) is 0.864. The van der Waals surface area contributed by atoms with Crippen LogP contribution in [0, 0.1) is 0 Å². The third-order valence-corrected chi connectivity index (χ3v) is 3.68. The van der Waals surface area contributed by atoms with Crippen molar-refractivity contribution in [1.82, 2.24) is 4.98 Å². The number of alkyl halides is 3. The van der Waals surface area contributed by atoms with Gasteiger partial charge in [-0.2, -0.15) is 13.2 Å². The molecule has 0 amide bonds. The summed E-state index contributed by atoms with van der Waals surface area (Å²) in [6, 6.07) is 7.93. The van der Waals surface area contributed by atoms with Crippen LogP contribution in [-0.2, 0) is 11.3 Å². The Morgan fingerprint density at radius 3 is 2.29 bits per heavy atom. The van der Waals surface area contributed by atoms with Gasteiger partial charge < -0.3 is 16.2 Å². The minimum Gasteiger partial charge on any atom is -0.494 e. The number of carbonyl (C=O) groups is 1. The molecule has 4 N–H and O–H groups in total. The van der Waals surface area contributed by atoms with E-state index in [1.165, 1.54) is 0 Å². The van der Waals surface area contributed by atoms with Gasteiger partial charge in [-0.25, -0.2) is 4.98 Å². The number of thiazole rings is 1. The zero-order valence-corrected chi connectivity index (χ0v) is 13.6. The minimum absolute atomic E-state index is 0.540. The van der Waals surface area contributed by atoms with Crippen LogP contribution in [0.4, 0.5) is 13.2 Å². The normalized spacial score (nSPS) is 10.7. The van der Waals surface area contributed by atoms with Crippen molar-refractivity contribution in [2.45, 2.75) is 19.1 Å². The number of carbonyl (C=O) groups excluding carboxylic acids is 1. The van der Waals surface area contributed by atoms with E-state index in [9.17, 15) is 13.2 Å². The summed E-state index contributed by atoms with van der Waals surface area (Å²) in [6.45, 7) is 1.85. The Morgan fingerprint density at radius 2 is 1.83 bits per heavy atom. The summed E-state index contributed by atoms with van der Waals surface area (Å²) in [5, 5.41) is 0.990. The van der Waals surface area contributed by atoms with Crippen LogP contribution in [0.5, 0.6) is 5.75 Å². The number of nitrogens with zero attached hydrogens (tertiary/aromatic N) is 1. The molecule has 132 valence electrons. The molecule has 0 bridgehead atoms. The topological polar surface area (TPSA) is 91.2 Å². The summed E-state index contributed by atoms with van der Waals surface area (Å²) < 4.78 is 36.8. The van der Waals surface area contributed by atoms with Gasteiger partial charge in [0.05, 0.1) is 6.61 Å². The maximum absolute atomic E-state index is 10.4. The highest BCUT2D eigenvalue weighted by Gasteiger charge is 2.24. The Hall–Kier alpha value is -1.97. The van der Waals surface area contributed by atoms with Gasteiger partial charge in [-0.05, 0) is 37.2 Å². The molecule has 9 heteroatoms. The molecule has 0 saturated carbocycles. The average molecular weight is 361 g/mol. The number of aromatic nitrogens is 1. The van der Waals surface area contributed by atoms with Crippen LogP contribution in [0.3, 0.4) is 0 Å². The van der Waals surface area contributed by atoms with Crippen molar-refractivity contribution in [2.24, 2.45) is 11.5 Å². The van der Waals surface area contributed by atoms with Gasteiger partial charge in [0.15, 0.2) is 0 Å². The fraction of sp³-hybridized carbons (Fsp3) is 0.333. The van der Waals surface area contributed by atoms with E-state index >= 15 is 0 Å². The van der Waals surface area contributed by atoms with Gasteiger partial charge in [-0.15, -0.1) is 11.3 Å². The summed E-state index contributed by atoms with van der Waals surface area (Å²) in [4.78, 5) is 14.1. The van der Waals surface area contributed by atoms with E-state index in [1.54, 1.807) is 11.3 Å². The van der Waals surface area contributed by atoms with E-state index in [2.05, 4.69) is 4.98 Å². The van der Waals surface area contributed by atoms with Gasteiger partial charge in [0.1, 0.15) is 10.8 Å². The highest BCUT2D eigenvalue weighted by Crippen LogP contribution is 2.26. The molecular formula is C15H18F3N3O2S. The molecule has 0 fully saturated rings. The second-order valence-electron chi connectivity index (χ2n) is 4.51. The molecular weight excluding hydrogens is 343 g/mol. The molecule has 0 spiro atoms. The molecule has 0 atom stereocenters. The lowest BCUT2D eigenvalue weighted by Crippen LogP contribution is -2.07. The second kappa shape index (κ2) is 10.0. The van der Waals surface area contributed by atoms with Gasteiger partial charge in [-0.3, -0.25) is 4.79 Å². The Morgan fingerprint density at radius 1 is 1.21 bits per heavy atom. The summed E-state index contributed by atoms with van der Waals surface area (Å²) >= 11 is 1.62. The van der Waals surface area contributed by atoms with Crippen molar-refractivity contribution in [3.05, 3.63) is 35.3 Å². The minimum atomic E-state index is -4.64. The molecule has 2 aromatic rings. The predicted octanol–water partition coefficient (Wildman–Crippen LogP) is 2.74. The Balaban J connectivity index is 0.000000413. The fourth-order valence-electron chi connectivity index (χ4n) is 1.50. The molecule has 1 heterocycles. The highest BCUT2D eigenvalue weighted by molar-refractivity contribution is 7.15. The first-order valence-corrected chi connectivity index (χ1v) is 7.82. The zero-order valence-electron chi connectivity index (χ0n) is 12.8. The molecule has 0 saturated heterocycles. The van der Waals surface area contributed by atoms with Crippen LogP contribution in [0.15, 0.2) is 30.5 Å². The van der Waals surface area contributed by atoms with E-state index in [1.807, 2.05) is 30.5 Å². The zero-order chi connectivity index (χ0) is 18.0. The fourth-order valence-corrected chi connectivity index (χ4v) is 2.30. The van der Waals surface area contributed by atoms with Crippen LogP contribution in [0.1, 0.15) is 11.3 Å². The van der Waals surface area contributed by atoms with E-state index in [4.69, 9.17) is 21.0 Å². The molecule has 1 aromatic carbocycles. The molecule has 0 aliphatic rings. The van der Waals surface area contributed by atoms with Gasteiger partial charge in [-0.1, -0.05) is 0 Å². The van der Waals surface area contributed by atoms with Crippen molar-refractivity contribution in [3.63, 3.8) is 0 Å². The lowest BCUT2D eigenvalue weighted by Gasteiger charge is -2.05. The van der Waals surface area contributed by atoms with Crippen LogP contribution < -0.4 is 16.2 Å². The van der Waals surface area contributed by atoms with Crippen molar-refractivity contribution in [3.8, 4) is 16.3 Å². The Kier molecular flexibility index (Phi) is 8.37. The number of hydrogen-bond donors (Lipinski definition) is 2. The van der Waals surface area contributed by atoms with Crippen molar-refractivity contribution >= 4 is 17.6 Å². The summed E-state index contributed by atoms with van der Waals surface area (Å²) in [7, 11) is 0. The SMILES string of the molecule is NCCCOc1ccc(-c2ncc(CN)s2)cc1.O=CC(F)(F)F. The quantitative estimate of drug-likeness (QED) is 0.610. The van der Waals surface area contributed by atoms with Crippen LogP contribution in [-0.4, -0.2) is 30.6 Å². The van der Waals surface area contributed by atoms with Crippen LogP contribution in [0.2, 0.25) is 0 Å². The molecule has 0 radical (unpaired) electrons. The van der Waals surface area contributed by atoms with Crippen molar-refractivity contribution in [2.75, 3.05) is 13.2 Å². The van der Waals surface area contributed by atoms with Gasteiger partial charge >= 0.3 is 6.18 Å². The third kappa shape index (κ3) is 7.53. The highest BCUT2D eigenvalue weighted by atomic mass is 32.1. The standard InChI is InChI=1S/C13H17N3OS.C2HF3O/c14-6-1-7-17-11-4-2-10(3-5-11)13-16-9-12(8-15)18-13;3-2(4,5)1-6/h2-5,9H,1,6-8,14-15H2;1H. The largest absolute Gasteiger partial charge is 0.494 e. The monoisotopic (exact) mass is 361 g/mol. The first kappa shape index (κ1) is 20.1. The molecule has 2 rings (SSSR count). The number of nitrogens with two attached hydrogens (primary N) is 2. The molecule has 1 aromatic heterocycles. The number of benzene rings is 1. The lowest BCUT2D eigenvalue weighted by atomic mass is 10.2. The number of ether oxygens (including phenoxy) is 1. The first-order valence-electron chi connectivity index (χ1n) is 7.00. The van der Waals surface area contributed by atoms with E-state index < -0.39 is 12.5 Å². The smallest absolute Gasteiger partial charge is 0.446 e. The molecule has 0 unspecified atom stereocenters. The van der Waals surface area contributed by atoms with Gasteiger partial charge in [0, 0.05) is 23.2 Å². The second-order valence-corrected chi connectivity index (χ2v) is 5.63. The van der Waals surface area contributed by atoms with Gasteiger partial charge in [0.2, 0.25) is 6.29 Å². The number of halogens is 3. The molecule has 24 heavy (non-hydrogen) atoms. The lowest BCUT2D eigenvalue weighted by molar-refractivity contribution is -0.156. The predicted molar refractivity (Wildman–Crippen MR) is 86.7 cm³/mol. The molecule has 0 aliphatic carbocycles. The van der Waals surface area contributed by atoms with E-state index in [-0.39, 0.29) is 0 Å². The molecule has 0 aliphatic heterocycles. The Bertz CT molecular complexity index is 615. The van der Waals surface area contributed by atoms with Gasteiger partial charge in [0.25, 0.3) is 0 Å². The third-order valence-electron chi connectivity index (χ3n) is 2.61. The van der Waals surface area contributed by atoms with E-state index in [0.717, 1.165) is 27.6 Å². The number of hydrogen-bond acceptors (Lipinski definition) is 6. The molecule has 5 nitrogen and oxygen atoms in total. The van der Waals surface area contributed by atoms with Crippen LogP contribution in [0.25, 0.3) is 10.6 Å². The maximum atomic E-state index is 10.4. The summed E-state index contributed by atoms with van der Waals surface area (Å²) in [6.07, 6.45) is -3.01. The Labute approximate surface area is 141 Å².